The summed E-state index contributed by atoms with van der Waals surface area (Å²) in [5.41, 5.74) is 6.64. The number of amides is 1. The van der Waals surface area contributed by atoms with E-state index in [0.717, 1.165) is 18.7 Å². The molecule has 2 aromatic heterocycles. The Balaban J connectivity index is 1.61. The normalized spacial score (nSPS) is 16.9. The highest BCUT2D eigenvalue weighted by molar-refractivity contribution is 5.91. The van der Waals surface area contributed by atoms with E-state index in [2.05, 4.69) is 15.3 Å². The molecule has 0 unspecified atom stereocenters. The summed E-state index contributed by atoms with van der Waals surface area (Å²) in [4.78, 5) is 20.7. The van der Waals surface area contributed by atoms with Gasteiger partial charge in [0.15, 0.2) is 0 Å². The van der Waals surface area contributed by atoms with Crippen LogP contribution >= 0.6 is 0 Å². The zero-order valence-corrected chi connectivity index (χ0v) is 13.2. The Morgan fingerprint density at radius 3 is 2.74 bits per heavy atom. The van der Waals surface area contributed by atoms with Gasteiger partial charge < -0.3 is 11.1 Å². The number of hydrogen-bond donors (Lipinski definition) is 2. The van der Waals surface area contributed by atoms with E-state index in [4.69, 9.17) is 5.73 Å². The van der Waals surface area contributed by atoms with Gasteiger partial charge in [-0.15, -0.1) is 0 Å². The minimum absolute atomic E-state index is 0.0213. The molecule has 0 aliphatic heterocycles. The molecule has 0 radical (unpaired) electrons. The fourth-order valence-corrected chi connectivity index (χ4v) is 3.31. The Kier molecular flexibility index (Phi) is 4.71. The van der Waals surface area contributed by atoms with Crippen LogP contribution in [0.4, 0.5) is 5.69 Å². The van der Waals surface area contributed by atoms with Crippen LogP contribution in [0.3, 0.4) is 0 Å². The number of nitrogens with one attached hydrogen (secondary N) is 1. The third-order valence-corrected chi connectivity index (χ3v) is 4.68. The summed E-state index contributed by atoms with van der Waals surface area (Å²) in [6.45, 7) is 0.582. The van der Waals surface area contributed by atoms with Crippen LogP contribution in [0.2, 0.25) is 0 Å². The minimum Gasteiger partial charge on any atom is -0.330 e. The Hall–Kier alpha value is -2.21. The van der Waals surface area contributed by atoms with E-state index in [1.54, 1.807) is 18.7 Å². The van der Waals surface area contributed by atoms with Crippen LogP contribution in [-0.2, 0) is 4.79 Å². The molecular weight excluding hydrogens is 290 g/mol. The molecule has 3 N–H and O–H groups in total. The first-order valence-electron chi connectivity index (χ1n) is 8.15. The Morgan fingerprint density at radius 1 is 1.30 bits per heavy atom. The second-order valence-electron chi connectivity index (χ2n) is 6.36. The highest BCUT2D eigenvalue weighted by Crippen LogP contribution is 2.38. The molecule has 3 rings (SSSR count). The molecule has 0 saturated heterocycles. The van der Waals surface area contributed by atoms with Gasteiger partial charge in [-0.05, 0) is 36.9 Å². The van der Waals surface area contributed by atoms with Crippen molar-refractivity contribution < 1.29 is 4.79 Å². The summed E-state index contributed by atoms with van der Waals surface area (Å²) in [6, 6.07) is 3.72. The van der Waals surface area contributed by atoms with E-state index in [1.165, 1.54) is 19.3 Å². The van der Waals surface area contributed by atoms with E-state index in [1.807, 2.05) is 22.9 Å². The first-order valence-corrected chi connectivity index (χ1v) is 8.15. The van der Waals surface area contributed by atoms with Crippen molar-refractivity contribution in [3.63, 3.8) is 0 Å². The fraction of sp³-hybridized carbons (Fsp3) is 0.471. The third kappa shape index (κ3) is 3.76. The number of carbonyl (C=O) groups is 1. The molecule has 122 valence electrons. The van der Waals surface area contributed by atoms with Gasteiger partial charge in [-0.3, -0.25) is 9.36 Å². The lowest BCUT2D eigenvalue weighted by Crippen LogP contribution is -2.36. The summed E-state index contributed by atoms with van der Waals surface area (Å²) in [6.07, 6.45) is 13.1. The number of nitrogens with two attached hydrogens (primary N) is 1. The Bertz CT molecular complexity index is 630. The Labute approximate surface area is 136 Å². The molecule has 1 aliphatic rings. The summed E-state index contributed by atoms with van der Waals surface area (Å²) >= 11 is 0. The number of aromatic nitrogens is 3. The van der Waals surface area contributed by atoms with Gasteiger partial charge >= 0.3 is 0 Å². The molecule has 0 spiro atoms. The Morgan fingerprint density at radius 2 is 2.13 bits per heavy atom. The average molecular weight is 313 g/mol. The number of rotatable bonds is 5. The van der Waals surface area contributed by atoms with Crippen molar-refractivity contribution in [2.24, 2.45) is 11.1 Å². The van der Waals surface area contributed by atoms with Crippen molar-refractivity contribution in [2.75, 3.05) is 11.9 Å². The van der Waals surface area contributed by atoms with Crippen molar-refractivity contribution in [2.45, 2.75) is 38.5 Å². The summed E-state index contributed by atoms with van der Waals surface area (Å²) in [5, 5.41) is 2.94. The van der Waals surface area contributed by atoms with Crippen molar-refractivity contribution in [1.82, 2.24) is 14.5 Å². The van der Waals surface area contributed by atoms with Gasteiger partial charge in [-0.1, -0.05) is 19.3 Å². The number of pyridine rings is 1. The largest absolute Gasteiger partial charge is 0.330 e. The number of carbonyl (C=O) groups excluding carboxylic acids is 1. The van der Waals surface area contributed by atoms with Crippen LogP contribution in [-0.4, -0.2) is 27.0 Å². The van der Waals surface area contributed by atoms with E-state index in [9.17, 15) is 4.79 Å². The second kappa shape index (κ2) is 6.91. The predicted octanol–water partition coefficient (Wildman–Crippen LogP) is 2.51. The molecule has 6 nitrogen and oxygen atoms in total. The van der Waals surface area contributed by atoms with Crippen LogP contribution in [0.25, 0.3) is 5.82 Å². The molecular formula is C17H23N5O. The summed E-state index contributed by atoms with van der Waals surface area (Å²) < 4.78 is 1.82. The maximum atomic E-state index is 12.3. The molecule has 23 heavy (non-hydrogen) atoms. The molecule has 2 heterocycles. The lowest BCUT2D eigenvalue weighted by atomic mass is 9.71. The number of hydrogen-bond acceptors (Lipinski definition) is 4. The van der Waals surface area contributed by atoms with Gasteiger partial charge in [-0.25, -0.2) is 9.97 Å². The summed E-state index contributed by atoms with van der Waals surface area (Å²) in [5.74, 6) is 0.792. The number of imidazole rings is 1. The van der Waals surface area contributed by atoms with E-state index in [-0.39, 0.29) is 11.3 Å². The first kappa shape index (κ1) is 15.7. The van der Waals surface area contributed by atoms with Gasteiger partial charge in [0.05, 0.1) is 11.9 Å². The second-order valence-corrected chi connectivity index (χ2v) is 6.36. The topological polar surface area (TPSA) is 85.8 Å². The van der Waals surface area contributed by atoms with Crippen LogP contribution in [0.15, 0.2) is 37.1 Å². The maximum Gasteiger partial charge on any atom is 0.225 e. The SMILES string of the molecule is NCC1(CC(=O)Nc2ccc(-n3ccnc3)nc2)CCCCC1. The van der Waals surface area contributed by atoms with Crippen LogP contribution in [0.1, 0.15) is 38.5 Å². The van der Waals surface area contributed by atoms with Crippen LogP contribution in [0.5, 0.6) is 0 Å². The van der Waals surface area contributed by atoms with Crippen molar-refractivity contribution in [3.05, 3.63) is 37.1 Å². The van der Waals surface area contributed by atoms with Crippen molar-refractivity contribution in [3.8, 4) is 5.82 Å². The molecule has 1 aliphatic carbocycles. The minimum atomic E-state index is -0.0213. The lowest BCUT2D eigenvalue weighted by molar-refractivity contribution is -0.118. The smallest absolute Gasteiger partial charge is 0.225 e. The van der Waals surface area contributed by atoms with Gasteiger partial charge in [-0.2, -0.15) is 0 Å². The zero-order chi connectivity index (χ0) is 16.1. The molecule has 0 aromatic carbocycles. The fourth-order valence-electron chi connectivity index (χ4n) is 3.31. The molecule has 1 fully saturated rings. The average Bonchev–Trinajstić information content (AvgIpc) is 3.11. The van der Waals surface area contributed by atoms with E-state index >= 15 is 0 Å². The summed E-state index contributed by atoms with van der Waals surface area (Å²) in [7, 11) is 0. The quantitative estimate of drug-likeness (QED) is 0.888. The molecule has 0 atom stereocenters. The van der Waals surface area contributed by atoms with Gasteiger partial charge in [0.25, 0.3) is 0 Å². The number of nitrogens with zero attached hydrogens (tertiary/aromatic N) is 3. The molecule has 1 amide bonds. The van der Waals surface area contributed by atoms with Gasteiger partial charge in [0.2, 0.25) is 5.91 Å². The lowest BCUT2D eigenvalue weighted by Gasteiger charge is -2.35. The van der Waals surface area contributed by atoms with E-state index in [0.29, 0.717) is 18.7 Å². The van der Waals surface area contributed by atoms with Gasteiger partial charge in [0.1, 0.15) is 12.1 Å². The van der Waals surface area contributed by atoms with Crippen molar-refractivity contribution in [1.29, 1.82) is 0 Å². The number of anilines is 1. The maximum absolute atomic E-state index is 12.3. The standard InChI is InChI=1S/C17H23N5O/c18-12-17(6-2-1-3-7-17)10-16(23)21-14-4-5-15(20-11-14)22-9-8-19-13-22/h4-5,8-9,11,13H,1-3,6-7,10,12,18H2,(H,21,23). The predicted molar refractivity (Wildman–Crippen MR) is 89.2 cm³/mol. The molecule has 6 heteroatoms. The molecule has 2 aromatic rings. The first-order chi connectivity index (χ1) is 11.2. The third-order valence-electron chi connectivity index (χ3n) is 4.68. The molecule has 1 saturated carbocycles. The molecule has 0 bridgehead atoms. The van der Waals surface area contributed by atoms with E-state index < -0.39 is 0 Å². The van der Waals surface area contributed by atoms with Crippen LogP contribution < -0.4 is 11.1 Å². The van der Waals surface area contributed by atoms with Gasteiger partial charge in [0, 0.05) is 18.8 Å². The monoisotopic (exact) mass is 313 g/mol. The zero-order valence-electron chi connectivity index (χ0n) is 13.2. The highest BCUT2D eigenvalue weighted by Gasteiger charge is 2.32. The van der Waals surface area contributed by atoms with Crippen LogP contribution in [0, 0.1) is 5.41 Å². The van der Waals surface area contributed by atoms with Crippen molar-refractivity contribution >= 4 is 11.6 Å². The highest BCUT2D eigenvalue weighted by atomic mass is 16.1.